The topological polar surface area (TPSA) is 3.24 Å². The summed E-state index contributed by atoms with van der Waals surface area (Å²) in [6.45, 7) is 0. The normalized spacial score (nSPS) is 11.3. The van der Waals surface area contributed by atoms with Gasteiger partial charge in [0, 0.05) is 16.9 Å². The third-order valence-electron chi connectivity index (χ3n) is 10.8. The minimum absolute atomic E-state index is 1.09. The summed E-state index contributed by atoms with van der Waals surface area (Å²) in [6.07, 6.45) is 0. The highest BCUT2D eigenvalue weighted by Gasteiger charge is 2.20. The van der Waals surface area contributed by atoms with Gasteiger partial charge >= 0.3 is 0 Å². The number of hydrogen-bond donors (Lipinski definition) is 0. The van der Waals surface area contributed by atoms with Gasteiger partial charge in [-0.3, -0.25) is 0 Å². The van der Waals surface area contributed by atoms with Gasteiger partial charge in [0.1, 0.15) is 0 Å². The summed E-state index contributed by atoms with van der Waals surface area (Å²) in [7, 11) is 0. The first-order valence-corrected chi connectivity index (χ1v) is 18.9. The molecule has 0 saturated carbocycles. The highest BCUT2D eigenvalue weighted by molar-refractivity contribution is 6.08. The molecule has 0 amide bonds. The summed E-state index contributed by atoms with van der Waals surface area (Å²) in [4.78, 5) is 2.43. The molecule has 0 radical (unpaired) electrons. The molecule has 0 N–H and O–H groups in total. The fraction of sp³-hybridized carbons (Fsp3) is 0. The van der Waals surface area contributed by atoms with E-state index in [-0.39, 0.29) is 0 Å². The van der Waals surface area contributed by atoms with Crippen molar-refractivity contribution in [1.82, 2.24) is 0 Å². The molecule has 0 fully saturated rings. The molecule has 10 aromatic carbocycles. The molecule has 0 aromatic heterocycles. The maximum atomic E-state index is 2.43. The number of fused-ring (bicyclic) bond motifs is 4. The van der Waals surface area contributed by atoms with E-state index in [2.05, 4.69) is 229 Å². The Labute approximate surface area is 322 Å². The van der Waals surface area contributed by atoms with E-state index in [1.165, 1.54) is 76.8 Å². The summed E-state index contributed by atoms with van der Waals surface area (Å²) in [5, 5.41) is 7.56. The first-order chi connectivity index (χ1) is 27.2. The van der Waals surface area contributed by atoms with Crippen molar-refractivity contribution in [2.24, 2.45) is 0 Å². The number of rotatable bonds is 7. The van der Waals surface area contributed by atoms with Gasteiger partial charge in [0.15, 0.2) is 0 Å². The summed E-state index contributed by atoms with van der Waals surface area (Å²) >= 11 is 0. The quantitative estimate of drug-likeness (QED) is 0.150. The maximum Gasteiger partial charge on any atom is 0.0546 e. The molecule has 0 unspecified atom stereocenters. The third-order valence-corrected chi connectivity index (χ3v) is 10.8. The molecule has 0 heterocycles. The zero-order valence-corrected chi connectivity index (χ0v) is 30.3. The average molecular weight is 700 g/mol. The van der Waals surface area contributed by atoms with E-state index >= 15 is 0 Å². The summed E-state index contributed by atoms with van der Waals surface area (Å²) in [5.74, 6) is 0. The number of hydrogen-bond acceptors (Lipinski definition) is 1. The van der Waals surface area contributed by atoms with Crippen molar-refractivity contribution in [3.05, 3.63) is 224 Å². The number of nitrogens with zero attached hydrogens (tertiary/aromatic N) is 1. The Morgan fingerprint density at radius 2 is 0.745 bits per heavy atom. The number of benzene rings is 10. The molecule has 0 spiro atoms. The van der Waals surface area contributed by atoms with Crippen LogP contribution in [-0.2, 0) is 0 Å². The first-order valence-electron chi connectivity index (χ1n) is 18.9. The lowest BCUT2D eigenvalue weighted by Crippen LogP contribution is -2.11. The Hall–Kier alpha value is -7.22. The number of anilines is 3. The van der Waals surface area contributed by atoms with Crippen LogP contribution in [0.3, 0.4) is 0 Å². The van der Waals surface area contributed by atoms with Crippen LogP contribution in [0.1, 0.15) is 0 Å². The van der Waals surface area contributed by atoms with E-state index in [9.17, 15) is 0 Å². The van der Waals surface area contributed by atoms with Crippen molar-refractivity contribution < 1.29 is 0 Å². The fourth-order valence-electron chi connectivity index (χ4n) is 8.00. The van der Waals surface area contributed by atoms with Crippen molar-refractivity contribution in [2.45, 2.75) is 0 Å². The highest BCUT2D eigenvalue weighted by atomic mass is 15.1. The van der Waals surface area contributed by atoms with Crippen LogP contribution in [0.15, 0.2) is 224 Å². The van der Waals surface area contributed by atoms with Gasteiger partial charge in [0.25, 0.3) is 0 Å². The van der Waals surface area contributed by atoms with E-state index in [0.29, 0.717) is 0 Å². The van der Waals surface area contributed by atoms with Crippen molar-refractivity contribution >= 4 is 49.4 Å². The molecule has 1 heteroatoms. The average Bonchev–Trinajstić information content (AvgIpc) is 3.27. The van der Waals surface area contributed by atoms with Crippen molar-refractivity contribution in [1.29, 1.82) is 0 Å². The van der Waals surface area contributed by atoms with Gasteiger partial charge in [-0.25, -0.2) is 0 Å². The van der Waals surface area contributed by atoms with Crippen LogP contribution in [0.25, 0.3) is 76.8 Å². The Morgan fingerprint density at radius 3 is 1.56 bits per heavy atom. The second-order valence-corrected chi connectivity index (χ2v) is 14.2. The van der Waals surface area contributed by atoms with Crippen LogP contribution in [0.2, 0.25) is 0 Å². The third kappa shape index (κ3) is 6.22. The van der Waals surface area contributed by atoms with Crippen molar-refractivity contribution in [3.8, 4) is 44.5 Å². The van der Waals surface area contributed by atoms with E-state index in [1.54, 1.807) is 0 Å². The molecule has 0 saturated heterocycles. The minimum atomic E-state index is 1.09. The predicted molar refractivity (Wildman–Crippen MR) is 235 cm³/mol. The lowest BCUT2D eigenvalue weighted by Gasteiger charge is -2.29. The summed E-state index contributed by atoms with van der Waals surface area (Å²) < 4.78 is 0. The molecule has 0 aliphatic carbocycles. The zero-order chi connectivity index (χ0) is 36.6. The van der Waals surface area contributed by atoms with Crippen LogP contribution >= 0.6 is 0 Å². The molecular formula is C54H37N. The van der Waals surface area contributed by atoms with Gasteiger partial charge in [-0.05, 0) is 114 Å². The van der Waals surface area contributed by atoms with E-state index in [0.717, 1.165) is 17.1 Å². The standard InChI is InChI=1S/C54H37N/c1-3-12-38(13-4-1)44-19-11-20-50(36-44)55(49-30-26-40(27-31-49)45-28-32-52-48(35-45)25-23-42-17-9-10-21-51(42)52)54-37-47(29-33-53(54)41-15-5-2-6-16-41)46-24-22-39-14-7-8-18-43(39)34-46/h1-37H. The Kier molecular flexibility index (Phi) is 8.24. The van der Waals surface area contributed by atoms with Crippen LogP contribution in [0.5, 0.6) is 0 Å². The lowest BCUT2D eigenvalue weighted by atomic mass is 9.95. The van der Waals surface area contributed by atoms with Crippen molar-refractivity contribution in [2.75, 3.05) is 4.90 Å². The van der Waals surface area contributed by atoms with Crippen molar-refractivity contribution in [3.63, 3.8) is 0 Å². The van der Waals surface area contributed by atoms with E-state index in [4.69, 9.17) is 0 Å². The molecule has 0 aliphatic heterocycles. The van der Waals surface area contributed by atoms with Gasteiger partial charge in [-0.1, -0.05) is 182 Å². The van der Waals surface area contributed by atoms with Gasteiger partial charge in [-0.2, -0.15) is 0 Å². The van der Waals surface area contributed by atoms with Crippen LogP contribution in [0.4, 0.5) is 17.1 Å². The molecule has 0 aliphatic rings. The Morgan fingerprint density at radius 1 is 0.236 bits per heavy atom. The zero-order valence-electron chi connectivity index (χ0n) is 30.3. The predicted octanol–water partition coefficient (Wildman–Crippen LogP) is 15.3. The second kappa shape index (κ2) is 14.0. The Bertz CT molecular complexity index is 2960. The van der Waals surface area contributed by atoms with Crippen LogP contribution < -0.4 is 4.90 Å². The second-order valence-electron chi connectivity index (χ2n) is 14.2. The molecule has 258 valence electrons. The largest absolute Gasteiger partial charge is 0.310 e. The lowest BCUT2D eigenvalue weighted by molar-refractivity contribution is 1.28. The molecular weight excluding hydrogens is 663 g/mol. The summed E-state index contributed by atoms with van der Waals surface area (Å²) in [5.41, 5.74) is 12.8. The van der Waals surface area contributed by atoms with Gasteiger partial charge in [-0.15, -0.1) is 0 Å². The van der Waals surface area contributed by atoms with Crippen LogP contribution in [0, 0.1) is 0 Å². The SMILES string of the molecule is c1ccc(-c2cccc(N(c3ccc(-c4ccc5c(ccc6ccccc65)c4)cc3)c3cc(-c4ccc5ccccc5c4)ccc3-c3ccccc3)c2)cc1. The summed E-state index contributed by atoms with van der Waals surface area (Å²) in [6, 6.07) is 81.6. The smallest absolute Gasteiger partial charge is 0.0546 e. The molecule has 0 bridgehead atoms. The highest BCUT2D eigenvalue weighted by Crippen LogP contribution is 2.44. The van der Waals surface area contributed by atoms with Gasteiger partial charge < -0.3 is 4.90 Å². The molecule has 10 rings (SSSR count). The van der Waals surface area contributed by atoms with E-state index in [1.807, 2.05) is 0 Å². The monoisotopic (exact) mass is 699 g/mol. The molecule has 10 aromatic rings. The molecule has 1 nitrogen and oxygen atoms in total. The van der Waals surface area contributed by atoms with E-state index < -0.39 is 0 Å². The minimum Gasteiger partial charge on any atom is -0.310 e. The molecule has 55 heavy (non-hydrogen) atoms. The first kappa shape index (κ1) is 32.4. The molecule has 0 atom stereocenters. The van der Waals surface area contributed by atoms with Gasteiger partial charge in [0.2, 0.25) is 0 Å². The van der Waals surface area contributed by atoms with Gasteiger partial charge in [0.05, 0.1) is 5.69 Å². The Balaban J connectivity index is 1.14. The van der Waals surface area contributed by atoms with Crippen LogP contribution in [-0.4, -0.2) is 0 Å². The fourth-order valence-corrected chi connectivity index (χ4v) is 8.00. The maximum absolute atomic E-state index is 2.43.